The third-order valence-electron chi connectivity index (χ3n) is 2.80. The molecule has 1 aromatic carbocycles. The van der Waals surface area contributed by atoms with Crippen LogP contribution in [0.2, 0.25) is 0 Å². The number of carbonyl (C=O) groups excluding carboxylic acids is 1. The highest BCUT2D eigenvalue weighted by Gasteiger charge is 2.13. The lowest BCUT2D eigenvalue weighted by Crippen LogP contribution is -2.22. The number of esters is 1. The molecule has 0 saturated carbocycles. The van der Waals surface area contributed by atoms with Crippen LogP contribution in [-0.4, -0.2) is 16.6 Å². The summed E-state index contributed by atoms with van der Waals surface area (Å²) in [6, 6.07) is 13.5. The summed E-state index contributed by atoms with van der Waals surface area (Å²) in [4.78, 5) is 15.8. The number of nitrogens with zero attached hydrogens (tertiary/aromatic N) is 1. The SMILES string of the molecule is CC(C)(C)OC(=O)/C=C\c1ccc(OCc2ccccc2)cn1. The minimum atomic E-state index is -0.496. The first-order chi connectivity index (χ1) is 10.9. The lowest BCUT2D eigenvalue weighted by Gasteiger charge is -2.17. The van der Waals surface area contributed by atoms with Crippen LogP contribution < -0.4 is 4.74 Å². The van der Waals surface area contributed by atoms with Crippen molar-refractivity contribution in [3.63, 3.8) is 0 Å². The zero-order chi connectivity index (χ0) is 16.7. The highest BCUT2D eigenvalue weighted by molar-refractivity contribution is 5.86. The van der Waals surface area contributed by atoms with E-state index in [1.807, 2.05) is 57.2 Å². The second-order valence-corrected chi connectivity index (χ2v) is 6.06. The maximum atomic E-state index is 11.6. The van der Waals surface area contributed by atoms with Gasteiger partial charge in [-0.05, 0) is 44.5 Å². The van der Waals surface area contributed by atoms with Gasteiger partial charge in [0.1, 0.15) is 18.0 Å². The number of hydrogen-bond donors (Lipinski definition) is 0. The monoisotopic (exact) mass is 311 g/mol. The van der Waals surface area contributed by atoms with Gasteiger partial charge in [-0.25, -0.2) is 4.79 Å². The molecule has 1 heterocycles. The van der Waals surface area contributed by atoms with Gasteiger partial charge in [0.15, 0.2) is 0 Å². The molecule has 2 rings (SSSR count). The van der Waals surface area contributed by atoms with Gasteiger partial charge >= 0.3 is 5.97 Å². The number of rotatable bonds is 5. The molecule has 0 amide bonds. The van der Waals surface area contributed by atoms with Crippen molar-refractivity contribution in [3.8, 4) is 5.75 Å². The van der Waals surface area contributed by atoms with Gasteiger partial charge in [0.05, 0.1) is 11.9 Å². The molecular weight excluding hydrogens is 290 g/mol. The molecule has 0 bridgehead atoms. The number of benzene rings is 1. The van der Waals surface area contributed by atoms with E-state index in [1.165, 1.54) is 6.08 Å². The van der Waals surface area contributed by atoms with E-state index in [0.29, 0.717) is 18.1 Å². The first kappa shape index (κ1) is 16.7. The summed E-state index contributed by atoms with van der Waals surface area (Å²) in [6.07, 6.45) is 4.63. The minimum absolute atomic E-state index is 0.385. The van der Waals surface area contributed by atoms with Crippen molar-refractivity contribution in [1.29, 1.82) is 0 Å². The van der Waals surface area contributed by atoms with E-state index in [0.717, 1.165) is 5.56 Å². The van der Waals surface area contributed by atoms with E-state index in [-0.39, 0.29) is 5.97 Å². The van der Waals surface area contributed by atoms with Crippen LogP contribution in [0.1, 0.15) is 32.0 Å². The van der Waals surface area contributed by atoms with Gasteiger partial charge in [0, 0.05) is 6.08 Å². The smallest absolute Gasteiger partial charge is 0.331 e. The summed E-state index contributed by atoms with van der Waals surface area (Å²) in [7, 11) is 0. The molecule has 0 aliphatic rings. The molecule has 0 saturated heterocycles. The molecule has 2 aromatic rings. The number of hydrogen-bond acceptors (Lipinski definition) is 4. The summed E-state index contributed by atoms with van der Waals surface area (Å²) in [5.74, 6) is 0.298. The molecule has 23 heavy (non-hydrogen) atoms. The molecule has 4 heteroatoms. The average Bonchev–Trinajstić information content (AvgIpc) is 2.51. The van der Waals surface area contributed by atoms with Crippen LogP contribution in [0.4, 0.5) is 0 Å². The Balaban J connectivity index is 1.88. The van der Waals surface area contributed by atoms with Crippen molar-refractivity contribution in [2.75, 3.05) is 0 Å². The van der Waals surface area contributed by atoms with Crippen LogP contribution in [0.15, 0.2) is 54.7 Å². The molecule has 0 unspecified atom stereocenters. The lowest BCUT2D eigenvalue weighted by atomic mass is 10.2. The first-order valence-corrected chi connectivity index (χ1v) is 7.46. The predicted octanol–water partition coefficient (Wildman–Crippen LogP) is 4.02. The van der Waals surface area contributed by atoms with Crippen molar-refractivity contribution in [3.05, 3.63) is 66.0 Å². The zero-order valence-electron chi connectivity index (χ0n) is 13.7. The number of carbonyl (C=O) groups is 1. The Hall–Kier alpha value is -2.62. The van der Waals surface area contributed by atoms with Crippen molar-refractivity contribution >= 4 is 12.0 Å². The van der Waals surface area contributed by atoms with E-state index in [1.54, 1.807) is 18.3 Å². The fourth-order valence-electron chi connectivity index (χ4n) is 1.81. The van der Waals surface area contributed by atoms with E-state index in [2.05, 4.69) is 4.98 Å². The van der Waals surface area contributed by atoms with Crippen LogP contribution in [0.5, 0.6) is 5.75 Å². The van der Waals surface area contributed by atoms with E-state index in [4.69, 9.17) is 9.47 Å². The Kier molecular flexibility index (Phi) is 5.52. The molecule has 0 N–H and O–H groups in total. The second kappa shape index (κ2) is 7.58. The Morgan fingerprint density at radius 1 is 1.13 bits per heavy atom. The lowest BCUT2D eigenvalue weighted by molar-refractivity contribution is -0.148. The largest absolute Gasteiger partial charge is 0.487 e. The highest BCUT2D eigenvalue weighted by atomic mass is 16.6. The van der Waals surface area contributed by atoms with Crippen LogP contribution in [0, 0.1) is 0 Å². The number of ether oxygens (including phenoxy) is 2. The van der Waals surface area contributed by atoms with Gasteiger partial charge in [-0.2, -0.15) is 0 Å². The van der Waals surface area contributed by atoms with Crippen LogP contribution >= 0.6 is 0 Å². The summed E-state index contributed by atoms with van der Waals surface area (Å²) in [5, 5.41) is 0. The molecule has 0 atom stereocenters. The van der Waals surface area contributed by atoms with E-state index in [9.17, 15) is 4.79 Å². The third kappa shape index (κ3) is 6.34. The van der Waals surface area contributed by atoms with Gasteiger partial charge in [-0.3, -0.25) is 4.98 Å². The van der Waals surface area contributed by atoms with E-state index >= 15 is 0 Å². The standard InChI is InChI=1S/C19H21NO3/c1-19(2,3)23-18(21)12-10-16-9-11-17(13-20-16)22-14-15-7-5-4-6-8-15/h4-13H,14H2,1-3H3/b12-10-. The maximum absolute atomic E-state index is 11.6. The summed E-state index contributed by atoms with van der Waals surface area (Å²) < 4.78 is 10.9. The normalized spacial score (nSPS) is 11.4. The van der Waals surface area contributed by atoms with Gasteiger partial charge in [0.2, 0.25) is 0 Å². The molecule has 0 aliphatic heterocycles. The van der Waals surface area contributed by atoms with Crippen molar-refractivity contribution < 1.29 is 14.3 Å². The second-order valence-electron chi connectivity index (χ2n) is 6.06. The molecule has 0 fully saturated rings. The third-order valence-corrected chi connectivity index (χ3v) is 2.80. The van der Waals surface area contributed by atoms with Crippen LogP contribution in [0.3, 0.4) is 0 Å². The quantitative estimate of drug-likeness (QED) is 0.618. The topological polar surface area (TPSA) is 48.4 Å². The summed E-state index contributed by atoms with van der Waals surface area (Å²) in [5.41, 5.74) is 1.27. The Labute approximate surface area is 136 Å². The molecule has 0 aliphatic carbocycles. The van der Waals surface area contributed by atoms with E-state index < -0.39 is 5.60 Å². The molecular formula is C19H21NO3. The summed E-state index contributed by atoms with van der Waals surface area (Å²) in [6.45, 7) is 5.98. The Morgan fingerprint density at radius 2 is 1.87 bits per heavy atom. The molecule has 120 valence electrons. The zero-order valence-corrected chi connectivity index (χ0v) is 13.7. The fourth-order valence-corrected chi connectivity index (χ4v) is 1.81. The van der Waals surface area contributed by atoms with Crippen molar-refractivity contribution in [2.24, 2.45) is 0 Å². The summed E-state index contributed by atoms with van der Waals surface area (Å²) >= 11 is 0. The molecule has 1 aromatic heterocycles. The minimum Gasteiger partial charge on any atom is -0.487 e. The van der Waals surface area contributed by atoms with Crippen molar-refractivity contribution in [2.45, 2.75) is 33.0 Å². The van der Waals surface area contributed by atoms with Gasteiger partial charge in [-0.15, -0.1) is 0 Å². The van der Waals surface area contributed by atoms with Gasteiger partial charge in [0.25, 0.3) is 0 Å². The fraction of sp³-hybridized carbons (Fsp3) is 0.263. The number of aromatic nitrogens is 1. The van der Waals surface area contributed by atoms with Crippen LogP contribution in [-0.2, 0) is 16.1 Å². The Morgan fingerprint density at radius 3 is 2.48 bits per heavy atom. The number of pyridine rings is 1. The molecule has 0 spiro atoms. The maximum Gasteiger partial charge on any atom is 0.331 e. The van der Waals surface area contributed by atoms with Crippen molar-refractivity contribution in [1.82, 2.24) is 4.98 Å². The average molecular weight is 311 g/mol. The van der Waals surface area contributed by atoms with Crippen LogP contribution in [0.25, 0.3) is 6.08 Å². The van der Waals surface area contributed by atoms with Gasteiger partial charge in [-0.1, -0.05) is 30.3 Å². The van der Waals surface area contributed by atoms with Gasteiger partial charge < -0.3 is 9.47 Å². The highest BCUT2D eigenvalue weighted by Crippen LogP contribution is 2.13. The molecule has 0 radical (unpaired) electrons. The first-order valence-electron chi connectivity index (χ1n) is 7.46. The molecule has 4 nitrogen and oxygen atoms in total. The predicted molar refractivity (Wildman–Crippen MR) is 89.9 cm³/mol. The Bertz CT molecular complexity index is 655.